The lowest BCUT2D eigenvalue weighted by molar-refractivity contribution is 0.509. The fraction of sp³-hybridized carbons (Fsp3) is 0.375. The number of benzene rings is 1. The second kappa shape index (κ2) is 6.31. The maximum absolute atomic E-state index is 14.3. The van der Waals surface area contributed by atoms with Crippen molar-refractivity contribution in [1.82, 2.24) is 5.32 Å². The SMILES string of the molecule is CCNC(Cc1cccs1)c1c(C)cc(C)cc1F. The van der Waals surface area contributed by atoms with Crippen LogP contribution in [0.3, 0.4) is 0 Å². The van der Waals surface area contributed by atoms with Crippen LogP contribution in [0.1, 0.15) is 34.5 Å². The second-order valence-corrected chi connectivity index (χ2v) is 5.90. The molecule has 3 heteroatoms. The van der Waals surface area contributed by atoms with Crippen LogP contribution in [-0.2, 0) is 6.42 Å². The number of hydrogen-bond acceptors (Lipinski definition) is 2. The topological polar surface area (TPSA) is 12.0 Å². The molecule has 19 heavy (non-hydrogen) atoms. The fourth-order valence-electron chi connectivity index (χ4n) is 2.52. The Morgan fingerprint density at radius 1 is 1.32 bits per heavy atom. The Balaban J connectivity index is 2.33. The molecule has 1 nitrogen and oxygen atoms in total. The van der Waals surface area contributed by atoms with Crippen LogP contribution in [0.15, 0.2) is 29.6 Å². The molecule has 0 aliphatic rings. The van der Waals surface area contributed by atoms with Gasteiger partial charge in [-0.3, -0.25) is 0 Å². The van der Waals surface area contributed by atoms with Gasteiger partial charge in [-0.15, -0.1) is 11.3 Å². The van der Waals surface area contributed by atoms with E-state index in [9.17, 15) is 4.39 Å². The zero-order valence-corrected chi connectivity index (χ0v) is 12.5. The Morgan fingerprint density at radius 3 is 2.68 bits per heavy atom. The molecule has 2 rings (SSSR count). The van der Waals surface area contributed by atoms with Gasteiger partial charge in [-0.05, 0) is 49.0 Å². The third kappa shape index (κ3) is 3.43. The monoisotopic (exact) mass is 277 g/mol. The quantitative estimate of drug-likeness (QED) is 0.854. The van der Waals surface area contributed by atoms with Gasteiger partial charge in [0.25, 0.3) is 0 Å². The molecule has 2 aromatic rings. The molecule has 0 bridgehead atoms. The Hall–Kier alpha value is -1.19. The summed E-state index contributed by atoms with van der Waals surface area (Å²) >= 11 is 1.72. The average molecular weight is 277 g/mol. The minimum Gasteiger partial charge on any atom is -0.310 e. The van der Waals surface area contributed by atoms with Crippen molar-refractivity contribution in [2.45, 2.75) is 33.2 Å². The predicted octanol–water partition coefficient (Wildman–Crippen LogP) is 4.40. The summed E-state index contributed by atoms with van der Waals surface area (Å²) in [4.78, 5) is 1.28. The molecule has 0 radical (unpaired) electrons. The van der Waals surface area contributed by atoms with Crippen LogP contribution in [0.5, 0.6) is 0 Å². The van der Waals surface area contributed by atoms with Crippen molar-refractivity contribution in [1.29, 1.82) is 0 Å². The predicted molar refractivity (Wildman–Crippen MR) is 80.3 cm³/mol. The first-order valence-corrected chi connectivity index (χ1v) is 7.52. The summed E-state index contributed by atoms with van der Waals surface area (Å²) in [6.45, 7) is 6.82. The summed E-state index contributed by atoms with van der Waals surface area (Å²) in [6.07, 6.45) is 0.840. The molecule has 1 unspecified atom stereocenters. The number of nitrogens with one attached hydrogen (secondary N) is 1. The van der Waals surface area contributed by atoms with Crippen LogP contribution in [0, 0.1) is 19.7 Å². The molecule has 0 saturated carbocycles. The van der Waals surface area contributed by atoms with E-state index < -0.39 is 0 Å². The number of hydrogen-bond donors (Lipinski definition) is 1. The van der Waals surface area contributed by atoms with Crippen LogP contribution >= 0.6 is 11.3 Å². The minimum absolute atomic E-state index is 0.0456. The van der Waals surface area contributed by atoms with Crippen molar-refractivity contribution in [2.24, 2.45) is 0 Å². The highest BCUT2D eigenvalue weighted by atomic mass is 32.1. The van der Waals surface area contributed by atoms with Gasteiger partial charge >= 0.3 is 0 Å². The number of rotatable bonds is 5. The molecule has 0 aliphatic carbocycles. The van der Waals surface area contributed by atoms with Crippen LogP contribution in [0.25, 0.3) is 0 Å². The van der Waals surface area contributed by atoms with Gasteiger partial charge in [0, 0.05) is 22.9 Å². The van der Waals surface area contributed by atoms with E-state index >= 15 is 0 Å². The highest BCUT2D eigenvalue weighted by Gasteiger charge is 2.18. The maximum Gasteiger partial charge on any atom is 0.128 e. The highest BCUT2D eigenvalue weighted by Crippen LogP contribution is 2.27. The number of likely N-dealkylation sites (N-methyl/N-ethyl adjacent to an activating group) is 1. The van der Waals surface area contributed by atoms with E-state index in [0.717, 1.165) is 29.7 Å². The summed E-state index contributed by atoms with van der Waals surface area (Å²) in [5.41, 5.74) is 2.81. The van der Waals surface area contributed by atoms with Gasteiger partial charge in [-0.25, -0.2) is 4.39 Å². The van der Waals surface area contributed by atoms with Gasteiger partial charge < -0.3 is 5.32 Å². The van der Waals surface area contributed by atoms with E-state index in [0.29, 0.717) is 0 Å². The third-order valence-electron chi connectivity index (χ3n) is 3.27. The zero-order valence-electron chi connectivity index (χ0n) is 11.7. The standard InChI is InChI=1S/C16H20FNS/c1-4-18-15(10-13-6-5-7-19-13)16-12(3)8-11(2)9-14(16)17/h5-9,15,18H,4,10H2,1-3H3. The van der Waals surface area contributed by atoms with Gasteiger partial charge in [0.15, 0.2) is 0 Å². The molecule has 1 aromatic carbocycles. The summed E-state index contributed by atoms with van der Waals surface area (Å²) in [5, 5.41) is 5.47. The molecule has 1 aromatic heterocycles. The van der Waals surface area contributed by atoms with Gasteiger partial charge in [0.1, 0.15) is 5.82 Å². The molecule has 1 heterocycles. The van der Waals surface area contributed by atoms with Gasteiger partial charge in [-0.1, -0.05) is 19.1 Å². The van der Waals surface area contributed by atoms with Crippen molar-refractivity contribution >= 4 is 11.3 Å². The van der Waals surface area contributed by atoms with Crippen molar-refractivity contribution < 1.29 is 4.39 Å². The molecule has 0 spiro atoms. The van der Waals surface area contributed by atoms with E-state index in [1.807, 2.05) is 19.9 Å². The molecule has 0 aliphatic heterocycles. The van der Waals surface area contributed by atoms with Gasteiger partial charge in [-0.2, -0.15) is 0 Å². The van der Waals surface area contributed by atoms with E-state index in [4.69, 9.17) is 0 Å². The fourth-order valence-corrected chi connectivity index (χ4v) is 3.27. The normalized spacial score (nSPS) is 12.6. The van der Waals surface area contributed by atoms with Crippen LogP contribution in [-0.4, -0.2) is 6.54 Å². The van der Waals surface area contributed by atoms with Crippen molar-refractivity contribution in [2.75, 3.05) is 6.54 Å². The van der Waals surface area contributed by atoms with E-state index in [2.05, 4.69) is 29.8 Å². The van der Waals surface area contributed by atoms with E-state index in [1.54, 1.807) is 17.4 Å². The summed E-state index contributed by atoms with van der Waals surface area (Å²) < 4.78 is 14.3. The molecular weight excluding hydrogens is 257 g/mol. The summed E-state index contributed by atoms with van der Waals surface area (Å²) in [6, 6.07) is 7.88. The van der Waals surface area contributed by atoms with Crippen molar-refractivity contribution in [3.8, 4) is 0 Å². The summed E-state index contributed by atoms with van der Waals surface area (Å²) in [5.74, 6) is -0.0972. The molecule has 0 amide bonds. The zero-order chi connectivity index (χ0) is 13.8. The first-order chi connectivity index (χ1) is 9.11. The lowest BCUT2D eigenvalue weighted by Crippen LogP contribution is -2.24. The first kappa shape index (κ1) is 14.2. The number of halogens is 1. The van der Waals surface area contributed by atoms with Gasteiger partial charge in [0.2, 0.25) is 0 Å². The number of thiophene rings is 1. The molecular formula is C16H20FNS. The van der Waals surface area contributed by atoms with E-state index in [1.165, 1.54) is 4.88 Å². The Labute approximate surface area is 118 Å². The second-order valence-electron chi connectivity index (χ2n) is 4.87. The lowest BCUT2D eigenvalue weighted by atomic mass is 9.95. The molecule has 1 N–H and O–H groups in total. The smallest absolute Gasteiger partial charge is 0.128 e. The Kier molecular flexibility index (Phi) is 4.72. The summed E-state index contributed by atoms with van der Waals surface area (Å²) in [7, 11) is 0. The van der Waals surface area contributed by atoms with E-state index in [-0.39, 0.29) is 11.9 Å². The highest BCUT2D eigenvalue weighted by molar-refractivity contribution is 7.09. The molecule has 1 atom stereocenters. The lowest BCUT2D eigenvalue weighted by Gasteiger charge is -2.21. The molecule has 0 fully saturated rings. The van der Waals surface area contributed by atoms with Crippen LogP contribution in [0.2, 0.25) is 0 Å². The molecule has 102 valence electrons. The largest absolute Gasteiger partial charge is 0.310 e. The Morgan fingerprint density at radius 2 is 2.11 bits per heavy atom. The van der Waals surface area contributed by atoms with Crippen LogP contribution < -0.4 is 5.32 Å². The first-order valence-electron chi connectivity index (χ1n) is 6.64. The van der Waals surface area contributed by atoms with Crippen molar-refractivity contribution in [3.05, 3.63) is 57.0 Å². The number of aryl methyl sites for hydroxylation is 2. The Bertz CT molecular complexity index is 511. The van der Waals surface area contributed by atoms with Crippen LogP contribution in [0.4, 0.5) is 4.39 Å². The van der Waals surface area contributed by atoms with Crippen molar-refractivity contribution in [3.63, 3.8) is 0 Å². The third-order valence-corrected chi connectivity index (χ3v) is 4.16. The van der Waals surface area contributed by atoms with Gasteiger partial charge in [0.05, 0.1) is 0 Å². The average Bonchev–Trinajstić information content (AvgIpc) is 2.80. The molecule has 0 saturated heterocycles. The maximum atomic E-state index is 14.3. The minimum atomic E-state index is -0.0972.